The fourth-order valence-corrected chi connectivity index (χ4v) is 1.85. The lowest BCUT2D eigenvalue weighted by molar-refractivity contribution is 0.217. The van der Waals surface area contributed by atoms with Gasteiger partial charge in [0.05, 0.1) is 6.61 Å². The molecule has 2 aromatic rings. The summed E-state index contributed by atoms with van der Waals surface area (Å²) in [6, 6.07) is 8.24. The zero-order valence-corrected chi connectivity index (χ0v) is 9.43. The molecule has 3 heteroatoms. The van der Waals surface area contributed by atoms with E-state index >= 15 is 0 Å². The van der Waals surface area contributed by atoms with Crippen LogP contribution in [0.4, 0.5) is 0 Å². The molecule has 0 fully saturated rings. The quantitative estimate of drug-likeness (QED) is 0.844. The Kier molecular flexibility index (Phi) is 3.49. The van der Waals surface area contributed by atoms with Gasteiger partial charge in [0.15, 0.2) is 0 Å². The van der Waals surface area contributed by atoms with Crippen LogP contribution >= 0.6 is 0 Å². The smallest absolute Gasteiger partial charge is 0.0558 e. The van der Waals surface area contributed by atoms with Gasteiger partial charge in [0, 0.05) is 30.9 Å². The summed E-state index contributed by atoms with van der Waals surface area (Å²) in [5, 5.41) is 11.3. The first-order chi connectivity index (χ1) is 7.81. The number of benzene rings is 1. The SMILES string of the molecule is CN(CCO)Cc1cncc2ccccc12. The van der Waals surface area contributed by atoms with E-state index in [2.05, 4.69) is 22.0 Å². The van der Waals surface area contributed by atoms with Crippen molar-refractivity contribution in [3.63, 3.8) is 0 Å². The fourth-order valence-electron chi connectivity index (χ4n) is 1.85. The van der Waals surface area contributed by atoms with Crippen molar-refractivity contribution in [2.24, 2.45) is 0 Å². The van der Waals surface area contributed by atoms with Crippen molar-refractivity contribution in [3.05, 3.63) is 42.2 Å². The van der Waals surface area contributed by atoms with Crippen molar-refractivity contribution in [2.75, 3.05) is 20.2 Å². The van der Waals surface area contributed by atoms with Crippen molar-refractivity contribution in [2.45, 2.75) is 6.54 Å². The average molecular weight is 216 g/mol. The number of fused-ring (bicyclic) bond motifs is 1. The van der Waals surface area contributed by atoms with Gasteiger partial charge in [0.1, 0.15) is 0 Å². The van der Waals surface area contributed by atoms with Crippen LogP contribution in [0.3, 0.4) is 0 Å². The lowest BCUT2D eigenvalue weighted by Gasteiger charge is -2.16. The second kappa shape index (κ2) is 5.05. The van der Waals surface area contributed by atoms with Gasteiger partial charge in [-0.2, -0.15) is 0 Å². The van der Waals surface area contributed by atoms with Crippen LogP contribution in [0.5, 0.6) is 0 Å². The molecule has 3 nitrogen and oxygen atoms in total. The number of hydrogen-bond donors (Lipinski definition) is 1. The van der Waals surface area contributed by atoms with Gasteiger partial charge in [-0.3, -0.25) is 9.88 Å². The van der Waals surface area contributed by atoms with Crippen LogP contribution in [0.1, 0.15) is 5.56 Å². The molecule has 1 heterocycles. The van der Waals surface area contributed by atoms with E-state index in [0.717, 1.165) is 11.9 Å². The van der Waals surface area contributed by atoms with Crippen molar-refractivity contribution >= 4 is 10.8 Å². The molecule has 0 atom stereocenters. The molecule has 0 amide bonds. The van der Waals surface area contributed by atoms with Crippen LogP contribution in [0.25, 0.3) is 10.8 Å². The number of aliphatic hydroxyl groups is 1. The maximum atomic E-state index is 8.87. The first-order valence-electron chi connectivity index (χ1n) is 5.42. The maximum Gasteiger partial charge on any atom is 0.0558 e. The predicted molar refractivity (Wildman–Crippen MR) is 65.2 cm³/mol. The summed E-state index contributed by atoms with van der Waals surface area (Å²) < 4.78 is 0. The third-order valence-corrected chi connectivity index (χ3v) is 2.67. The van der Waals surface area contributed by atoms with E-state index in [9.17, 15) is 0 Å². The number of hydrogen-bond acceptors (Lipinski definition) is 3. The molecule has 2 rings (SSSR count). The Morgan fingerprint density at radius 1 is 1.25 bits per heavy atom. The van der Waals surface area contributed by atoms with Gasteiger partial charge in [-0.1, -0.05) is 24.3 Å². The summed E-state index contributed by atoms with van der Waals surface area (Å²) in [4.78, 5) is 6.32. The van der Waals surface area contributed by atoms with E-state index in [-0.39, 0.29) is 6.61 Å². The van der Waals surface area contributed by atoms with Gasteiger partial charge >= 0.3 is 0 Å². The molecular weight excluding hydrogens is 200 g/mol. The maximum absolute atomic E-state index is 8.87. The second-order valence-corrected chi connectivity index (χ2v) is 3.98. The van der Waals surface area contributed by atoms with E-state index in [1.165, 1.54) is 10.9 Å². The summed E-state index contributed by atoms with van der Waals surface area (Å²) >= 11 is 0. The Hall–Kier alpha value is -1.45. The second-order valence-electron chi connectivity index (χ2n) is 3.98. The highest BCUT2D eigenvalue weighted by Gasteiger charge is 2.04. The van der Waals surface area contributed by atoms with E-state index in [1.54, 1.807) is 0 Å². The largest absolute Gasteiger partial charge is 0.395 e. The summed E-state index contributed by atoms with van der Waals surface area (Å²) in [6.07, 6.45) is 3.78. The van der Waals surface area contributed by atoms with Gasteiger partial charge in [0.25, 0.3) is 0 Å². The van der Waals surface area contributed by atoms with E-state index in [4.69, 9.17) is 5.11 Å². The Morgan fingerprint density at radius 3 is 2.88 bits per heavy atom. The topological polar surface area (TPSA) is 36.4 Å². The summed E-state index contributed by atoms with van der Waals surface area (Å²) in [7, 11) is 2.00. The van der Waals surface area contributed by atoms with Crippen LogP contribution < -0.4 is 0 Å². The third kappa shape index (κ3) is 2.38. The third-order valence-electron chi connectivity index (χ3n) is 2.67. The zero-order chi connectivity index (χ0) is 11.4. The normalized spacial score (nSPS) is 11.2. The number of aromatic nitrogens is 1. The molecule has 0 saturated carbocycles. The highest BCUT2D eigenvalue weighted by atomic mass is 16.3. The molecule has 0 aliphatic rings. The molecule has 16 heavy (non-hydrogen) atoms. The van der Waals surface area contributed by atoms with E-state index in [0.29, 0.717) is 6.54 Å². The van der Waals surface area contributed by atoms with Crippen LogP contribution in [-0.4, -0.2) is 35.2 Å². The fraction of sp³-hybridized carbons (Fsp3) is 0.308. The predicted octanol–water partition coefficient (Wildman–Crippen LogP) is 1.66. The molecular formula is C13H16N2O. The van der Waals surface area contributed by atoms with Crippen molar-refractivity contribution in [3.8, 4) is 0 Å². The molecule has 0 aliphatic carbocycles. The monoisotopic (exact) mass is 216 g/mol. The van der Waals surface area contributed by atoms with Crippen molar-refractivity contribution in [1.82, 2.24) is 9.88 Å². The zero-order valence-electron chi connectivity index (χ0n) is 9.43. The lowest BCUT2D eigenvalue weighted by Crippen LogP contribution is -2.21. The standard InChI is InChI=1S/C13H16N2O/c1-15(6-7-16)10-12-9-14-8-11-4-2-3-5-13(11)12/h2-5,8-9,16H,6-7,10H2,1H3. The van der Waals surface area contributed by atoms with Crippen LogP contribution in [0, 0.1) is 0 Å². The molecule has 0 bridgehead atoms. The number of likely N-dealkylation sites (N-methyl/N-ethyl adjacent to an activating group) is 1. The first-order valence-corrected chi connectivity index (χ1v) is 5.42. The van der Waals surface area contributed by atoms with Crippen molar-refractivity contribution in [1.29, 1.82) is 0 Å². The van der Waals surface area contributed by atoms with Gasteiger partial charge in [-0.05, 0) is 18.0 Å². The van der Waals surface area contributed by atoms with Gasteiger partial charge in [0.2, 0.25) is 0 Å². The van der Waals surface area contributed by atoms with Gasteiger partial charge < -0.3 is 5.11 Å². The number of aliphatic hydroxyl groups excluding tert-OH is 1. The van der Waals surface area contributed by atoms with E-state index in [1.807, 2.05) is 31.6 Å². The average Bonchev–Trinajstić information content (AvgIpc) is 2.30. The molecule has 1 aromatic heterocycles. The minimum Gasteiger partial charge on any atom is -0.395 e. The Labute approximate surface area is 95.3 Å². The summed E-state index contributed by atoms with van der Waals surface area (Å²) in [5.41, 5.74) is 1.20. The minimum atomic E-state index is 0.189. The molecule has 1 N–H and O–H groups in total. The number of nitrogens with zero attached hydrogens (tertiary/aromatic N) is 2. The van der Waals surface area contributed by atoms with Gasteiger partial charge in [-0.15, -0.1) is 0 Å². The van der Waals surface area contributed by atoms with Crippen LogP contribution in [0.15, 0.2) is 36.7 Å². The molecule has 0 spiro atoms. The Bertz CT molecular complexity index is 465. The van der Waals surface area contributed by atoms with E-state index < -0.39 is 0 Å². The van der Waals surface area contributed by atoms with Crippen LogP contribution in [-0.2, 0) is 6.54 Å². The first kappa shape index (κ1) is 11.0. The summed E-state index contributed by atoms with van der Waals surface area (Å²) in [6.45, 7) is 1.69. The molecule has 84 valence electrons. The highest BCUT2D eigenvalue weighted by molar-refractivity contribution is 5.84. The van der Waals surface area contributed by atoms with Crippen molar-refractivity contribution < 1.29 is 5.11 Å². The van der Waals surface area contributed by atoms with Crippen LogP contribution in [0.2, 0.25) is 0 Å². The molecule has 1 aromatic carbocycles. The molecule has 0 saturated heterocycles. The molecule has 0 radical (unpaired) electrons. The Morgan fingerprint density at radius 2 is 2.06 bits per heavy atom. The van der Waals surface area contributed by atoms with Gasteiger partial charge in [-0.25, -0.2) is 0 Å². The minimum absolute atomic E-state index is 0.189. The lowest BCUT2D eigenvalue weighted by atomic mass is 10.1. The number of rotatable bonds is 4. The Balaban J connectivity index is 2.30. The summed E-state index contributed by atoms with van der Waals surface area (Å²) in [5.74, 6) is 0. The molecule has 0 aliphatic heterocycles. The molecule has 0 unspecified atom stereocenters. The highest BCUT2D eigenvalue weighted by Crippen LogP contribution is 2.17. The number of pyridine rings is 1.